The first kappa shape index (κ1) is 68.3. The van der Waals surface area contributed by atoms with Gasteiger partial charge in [0.2, 0.25) is 0 Å². The average Bonchev–Trinajstić information content (AvgIpc) is 3.33. The molecule has 6 aromatic carbocycles. The Bertz CT molecular complexity index is 2210. The Morgan fingerprint density at radius 3 is 0.527 bits per heavy atom. The number of ketones is 3. The van der Waals surface area contributed by atoms with E-state index in [9.17, 15) is 31.6 Å². The van der Waals surface area contributed by atoms with Crippen molar-refractivity contribution in [2.24, 2.45) is 0 Å². The first-order valence-corrected chi connectivity index (χ1v) is 25.2. The zero-order valence-electron chi connectivity index (χ0n) is 43.7. The molecule has 0 aliphatic heterocycles. The molecule has 0 spiro atoms. The summed E-state index contributed by atoms with van der Waals surface area (Å²) >= 11 is 0. The Labute approximate surface area is 468 Å². The van der Waals surface area contributed by atoms with Crippen LogP contribution >= 0.6 is 7.92 Å². The van der Waals surface area contributed by atoms with Gasteiger partial charge in [0.25, 0.3) is 0 Å². The zero-order valence-corrected chi connectivity index (χ0v) is 47.8. The van der Waals surface area contributed by atoms with Crippen molar-refractivity contribution in [3.63, 3.8) is 0 Å². The molecule has 0 radical (unpaired) electrons. The van der Waals surface area contributed by atoms with Crippen LogP contribution in [-0.2, 0) is 55.2 Å². The topological polar surface area (TPSA) is 51.2 Å². The Kier molecular flexibility index (Phi) is 33.5. The molecule has 396 valence electrons. The van der Waals surface area contributed by atoms with Gasteiger partial charge in [0, 0.05) is 48.8 Å². The van der Waals surface area contributed by atoms with Crippen molar-refractivity contribution in [1.82, 2.24) is 0 Å². The smallest absolute Gasteiger partial charge is 0.418 e. The quantitative estimate of drug-likeness (QED) is 0.0531. The van der Waals surface area contributed by atoms with Gasteiger partial charge in [-0.2, -0.15) is 0 Å². The SMILES string of the molecule is CC(C)(C)[PH+](C(C)(C)C)C(C)(C)C.F[B-](F)(F)F.O=C(C=Cc1ccccc1)C=Cc1ccccc1.O=C(C=Cc1ccccc1)C=Cc1ccccc1.O=C(C=Cc1ccccc1)C=Cc1ccccc1.[Pd].[Pd]. The molecule has 11 heteroatoms. The van der Waals surface area contributed by atoms with E-state index < -0.39 is 15.2 Å². The van der Waals surface area contributed by atoms with Crippen molar-refractivity contribution in [3.8, 4) is 0 Å². The molecule has 6 aromatic rings. The Balaban J connectivity index is 0.000000929. The number of allylic oxidation sites excluding steroid dienone is 6. The molecular weight excluding hydrogens is 1140 g/mol. The molecule has 0 N–H and O–H groups in total. The maximum atomic E-state index is 11.6. The first-order valence-electron chi connectivity index (χ1n) is 23.7. The van der Waals surface area contributed by atoms with Crippen molar-refractivity contribution in [2.45, 2.75) is 77.8 Å². The molecular formula is C63H70BF4O3PPd2. The van der Waals surface area contributed by atoms with Crippen LogP contribution in [0.4, 0.5) is 17.3 Å². The van der Waals surface area contributed by atoms with Gasteiger partial charge in [0.1, 0.15) is 0 Å². The van der Waals surface area contributed by atoms with E-state index in [0.29, 0.717) is 15.5 Å². The van der Waals surface area contributed by atoms with Crippen LogP contribution in [-0.4, -0.2) is 40.1 Å². The van der Waals surface area contributed by atoms with Gasteiger partial charge in [-0.1, -0.05) is 218 Å². The van der Waals surface area contributed by atoms with Crippen molar-refractivity contribution in [1.29, 1.82) is 0 Å². The van der Waals surface area contributed by atoms with Gasteiger partial charge in [-0.25, -0.2) is 0 Å². The van der Waals surface area contributed by atoms with Gasteiger partial charge in [-0.3, -0.25) is 14.4 Å². The minimum atomic E-state index is -6.00. The fraction of sp³-hybridized carbons (Fsp3) is 0.190. The van der Waals surface area contributed by atoms with Gasteiger partial charge in [0.05, 0.1) is 15.5 Å². The molecule has 6 rings (SSSR count). The van der Waals surface area contributed by atoms with Crippen LogP contribution in [0.3, 0.4) is 0 Å². The summed E-state index contributed by atoms with van der Waals surface area (Å²) in [5.41, 5.74) is 6.16. The predicted octanol–water partition coefficient (Wildman–Crippen LogP) is 17.8. The second kappa shape index (κ2) is 36.3. The minimum absolute atomic E-state index is 0. The molecule has 0 aromatic heterocycles. The van der Waals surface area contributed by atoms with E-state index in [1.165, 1.54) is 0 Å². The molecule has 0 atom stereocenters. The van der Waals surface area contributed by atoms with E-state index in [1.807, 2.05) is 218 Å². The number of hydrogen-bond acceptors (Lipinski definition) is 3. The number of carbonyl (C=O) groups excluding carboxylic acids is 3. The molecule has 0 saturated heterocycles. The fourth-order valence-corrected chi connectivity index (χ4v) is 14.7. The summed E-state index contributed by atoms with van der Waals surface area (Å²) < 4.78 is 39.0. The van der Waals surface area contributed by atoms with Crippen LogP contribution in [0.15, 0.2) is 218 Å². The largest absolute Gasteiger partial charge is 0.673 e. The number of hydrogen-bond donors (Lipinski definition) is 0. The van der Waals surface area contributed by atoms with E-state index in [-0.39, 0.29) is 58.2 Å². The maximum absolute atomic E-state index is 11.6. The molecule has 0 heterocycles. The second-order valence-electron chi connectivity index (χ2n) is 19.3. The summed E-state index contributed by atoms with van der Waals surface area (Å²) in [5, 5.41) is 1.46. The zero-order chi connectivity index (χ0) is 53.5. The third kappa shape index (κ3) is 34.7. The molecule has 0 fully saturated rings. The molecule has 0 aliphatic rings. The van der Waals surface area contributed by atoms with Gasteiger partial charge >= 0.3 is 7.25 Å². The third-order valence-corrected chi connectivity index (χ3v) is 14.2. The fourth-order valence-electron chi connectivity index (χ4n) is 8.00. The Morgan fingerprint density at radius 2 is 0.432 bits per heavy atom. The normalized spacial score (nSPS) is 11.6. The van der Waals surface area contributed by atoms with Gasteiger partial charge in [0.15, 0.2) is 17.3 Å². The molecule has 3 nitrogen and oxygen atoms in total. The van der Waals surface area contributed by atoms with Crippen molar-refractivity contribution < 1.29 is 72.5 Å². The standard InChI is InChI=1S/3C17H14O.C12H27P.BF4.2Pd/c3*18-17(13-11-15-7-3-1-4-8-15)14-12-16-9-5-2-6-10-16;1-10(2,3)13(11(4,5)6)12(7,8)9;2-1(3,4)5;;/h3*1-14H;1-9H3;;;/q;;;;-1;;/p+1. The van der Waals surface area contributed by atoms with Crippen LogP contribution in [0.25, 0.3) is 36.5 Å². The van der Waals surface area contributed by atoms with Crippen LogP contribution < -0.4 is 0 Å². The number of carbonyl (C=O) groups is 3. The van der Waals surface area contributed by atoms with Crippen LogP contribution in [0, 0.1) is 0 Å². The van der Waals surface area contributed by atoms with E-state index in [1.54, 1.807) is 36.5 Å². The van der Waals surface area contributed by atoms with E-state index in [2.05, 4.69) is 62.3 Å². The van der Waals surface area contributed by atoms with Crippen LogP contribution in [0.1, 0.15) is 95.7 Å². The van der Waals surface area contributed by atoms with E-state index in [0.717, 1.165) is 33.4 Å². The summed E-state index contributed by atoms with van der Waals surface area (Å²) in [4.78, 5) is 34.8. The van der Waals surface area contributed by atoms with Crippen molar-refractivity contribution in [2.75, 3.05) is 0 Å². The van der Waals surface area contributed by atoms with Crippen LogP contribution in [0.2, 0.25) is 0 Å². The molecule has 0 unspecified atom stereocenters. The third-order valence-electron chi connectivity index (χ3n) is 9.69. The van der Waals surface area contributed by atoms with Gasteiger partial charge in [-0.05, 0) is 132 Å². The maximum Gasteiger partial charge on any atom is 0.673 e. The Hall–Kier alpha value is -5.69. The molecule has 0 saturated carbocycles. The second-order valence-corrected chi connectivity index (χ2v) is 24.5. The van der Waals surface area contributed by atoms with Crippen LogP contribution in [0.5, 0.6) is 0 Å². The number of rotatable bonds is 12. The van der Waals surface area contributed by atoms with Crippen molar-refractivity contribution >= 4 is 69.0 Å². The number of benzene rings is 6. The average molecular weight is 1210 g/mol. The molecule has 0 aliphatic carbocycles. The predicted molar refractivity (Wildman–Crippen MR) is 306 cm³/mol. The summed E-state index contributed by atoms with van der Waals surface area (Å²) in [6.45, 7) is 21.6. The van der Waals surface area contributed by atoms with E-state index in [4.69, 9.17) is 0 Å². The Morgan fingerprint density at radius 1 is 0.311 bits per heavy atom. The monoisotopic (exact) mass is 1200 g/mol. The minimum Gasteiger partial charge on any atom is -0.418 e. The summed E-state index contributed by atoms with van der Waals surface area (Å²) in [6.07, 6.45) is 20.4. The summed E-state index contributed by atoms with van der Waals surface area (Å²) in [5.74, 6) is -0.0341. The first-order chi connectivity index (χ1) is 33.9. The van der Waals surface area contributed by atoms with Crippen molar-refractivity contribution in [3.05, 3.63) is 252 Å². The molecule has 0 amide bonds. The van der Waals surface area contributed by atoms with E-state index >= 15 is 0 Å². The number of halogens is 4. The molecule has 0 bridgehead atoms. The van der Waals surface area contributed by atoms with Gasteiger partial charge < -0.3 is 17.3 Å². The summed E-state index contributed by atoms with van der Waals surface area (Å²) in [7, 11) is -6.39. The van der Waals surface area contributed by atoms with Gasteiger partial charge in [-0.15, -0.1) is 0 Å². The molecule has 74 heavy (non-hydrogen) atoms. The summed E-state index contributed by atoms with van der Waals surface area (Å²) in [6, 6.07) is 58.7.